The highest BCUT2D eigenvalue weighted by Crippen LogP contribution is 2.25. The van der Waals surface area contributed by atoms with Crippen molar-refractivity contribution in [3.05, 3.63) is 23.9 Å². The molecule has 1 rings (SSSR count). The van der Waals surface area contributed by atoms with E-state index >= 15 is 0 Å². The van der Waals surface area contributed by atoms with Crippen molar-refractivity contribution in [3.8, 4) is 0 Å². The average Bonchev–Trinajstić information content (AvgIpc) is 2.31. The zero-order chi connectivity index (χ0) is 13.8. The molecule has 100 valence electrons. The number of carbonyl (C=O) groups excluding carboxylic acids is 1. The normalized spacial score (nSPS) is 11.7. The third-order valence-corrected chi connectivity index (χ3v) is 2.43. The Morgan fingerprint density at radius 1 is 1.33 bits per heavy atom. The Kier molecular flexibility index (Phi) is 4.81. The van der Waals surface area contributed by atoms with Gasteiger partial charge in [-0.1, -0.05) is 20.8 Å². The summed E-state index contributed by atoms with van der Waals surface area (Å²) in [5.41, 5.74) is 0.213. The summed E-state index contributed by atoms with van der Waals surface area (Å²) in [6, 6.07) is 3.58. The number of aromatic nitrogens is 1. The maximum Gasteiger partial charge on any atom is 0.230 e. The molecule has 0 saturated carbocycles. The number of amides is 1. The van der Waals surface area contributed by atoms with E-state index in [4.69, 9.17) is 9.47 Å². The lowest BCUT2D eigenvalue weighted by molar-refractivity contribution is -0.123. The SMILES string of the molecule is COC(OC)c1cccnc1NC(=O)C(C)(C)C. The maximum absolute atomic E-state index is 12.0. The van der Waals surface area contributed by atoms with Gasteiger partial charge >= 0.3 is 0 Å². The van der Waals surface area contributed by atoms with Gasteiger partial charge in [0.05, 0.1) is 5.56 Å². The van der Waals surface area contributed by atoms with Crippen LogP contribution in [0.5, 0.6) is 0 Å². The molecule has 18 heavy (non-hydrogen) atoms. The summed E-state index contributed by atoms with van der Waals surface area (Å²) < 4.78 is 10.4. The van der Waals surface area contributed by atoms with Gasteiger partial charge in [-0.15, -0.1) is 0 Å². The van der Waals surface area contributed by atoms with Crippen LogP contribution in [-0.2, 0) is 14.3 Å². The predicted octanol–water partition coefficient (Wildman–Crippen LogP) is 2.36. The quantitative estimate of drug-likeness (QED) is 0.836. The molecule has 1 amide bonds. The van der Waals surface area contributed by atoms with Gasteiger partial charge < -0.3 is 14.8 Å². The van der Waals surface area contributed by atoms with Crippen molar-refractivity contribution in [2.45, 2.75) is 27.1 Å². The fraction of sp³-hybridized carbons (Fsp3) is 0.538. The summed E-state index contributed by atoms with van der Waals surface area (Å²) in [7, 11) is 3.08. The van der Waals surface area contributed by atoms with Gasteiger partial charge in [-0.3, -0.25) is 4.79 Å². The molecule has 0 atom stereocenters. The second kappa shape index (κ2) is 5.93. The van der Waals surface area contributed by atoms with Crippen molar-refractivity contribution >= 4 is 11.7 Å². The van der Waals surface area contributed by atoms with Crippen LogP contribution in [0.15, 0.2) is 18.3 Å². The van der Waals surface area contributed by atoms with E-state index in [0.29, 0.717) is 11.4 Å². The zero-order valence-corrected chi connectivity index (χ0v) is 11.5. The number of anilines is 1. The predicted molar refractivity (Wildman–Crippen MR) is 69.1 cm³/mol. The van der Waals surface area contributed by atoms with Gasteiger partial charge in [-0.25, -0.2) is 4.98 Å². The van der Waals surface area contributed by atoms with E-state index in [1.165, 1.54) is 14.2 Å². The lowest BCUT2D eigenvalue weighted by Crippen LogP contribution is -2.28. The molecule has 1 N–H and O–H groups in total. The minimum Gasteiger partial charge on any atom is -0.352 e. The fourth-order valence-electron chi connectivity index (χ4n) is 1.36. The van der Waals surface area contributed by atoms with Crippen LogP contribution < -0.4 is 5.32 Å². The number of ether oxygens (including phenoxy) is 2. The first-order valence-corrected chi connectivity index (χ1v) is 5.72. The molecule has 0 aromatic carbocycles. The highest BCUT2D eigenvalue weighted by molar-refractivity contribution is 5.94. The van der Waals surface area contributed by atoms with Gasteiger partial charge in [0.1, 0.15) is 5.82 Å². The van der Waals surface area contributed by atoms with Crippen molar-refractivity contribution in [2.75, 3.05) is 19.5 Å². The summed E-state index contributed by atoms with van der Waals surface area (Å²) in [5.74, 6) is 0.361. The van der Waals surface area contributed by atoms with E-state index in [2.05, 4.69) is 10.3 Å². The fourth-order valence-corrected chi connectivity index (χ4v) is 1.36. The summed E-state index contributed by atoms with van der Waals surface area (Å²) in [4.78, 5) is 16.1. The average molecular weight is 252 g/mol. The van der Waals surface area contributed by atoms with E-state index in [1.807, 2.05) is 26.8 Å². The molecule has 1 aromatic heterocycles. The Morgan fingerprint density at radius 3 is 2.44 bits per heavy atom. The molecule has 1 aromatic rings. The number of hydrogen-bond acceptors (Lipinski definition) is 4. The summed E-state index contributed by atoms with van der Waals surface area (Å²) in [5, 5.41) is 2.79. The van der Waals surface area contributed by atoms with Gasteiger partial charge in [0.15, 0.2) is 6.29 Å². The highest BCUT2D eigenvalue weighted by atomic mass is 16.7. The van der Waals surface area contributed by atoms with Gasteiger partial charge in [-0.2, -0.15) is 0 Å². The Balaban J connectivity index is 2.99. The monoisotopic (exact) mass is 252 g/mol. The minimum absolute atomic E-state index is 0.103. The molecule has 0 unspecified atom stereocenters. The van der Waals surface area contributed by atoms with E-state index in [0.717, 1.165) is 0 Å². The zero-order valence-electron chi connectivity index (χ0n) is 11.5. The highest BCUT2D eigenvalue weighted by Gasteiger charge is 2.24. The standard InChI is InChI=1S/C13H20N2O3/c1-13(2,3)12(16)15-10-9(7-6-8-14-10)11(17-4)18-5/h6-8,11H,1-5H3,(H,14,15,16). The van der Waals surface area contributed by atoms with Gasteiger partial charge in [-0.05, 0) is 12.1 Å². The summed E-state index contributed by atoms with van der Waals surface area (Å²) >= 11 is 0. The smallest absolute Gasteiger partial charge is 0.230 e. The summed E-state index contributed by atoms with van der Waals surface area (Å²) in [6.07, 6.45) is 1.07. The third-order valence-electron chi connectivity index (χ3n) is 2.43. The molecule has 0 spiro atoms. The summed E-state index contributed by atoms with van der Waals surface area (Å²) in [6.45, 7) is 5.53. The van der Waals surface area contributed by atoms with E-state index in [1.54, 1.807) is 12.3 Å². The number of methoxy groups -OCH3 is 2. The van der Waals surface area contributed by atoms with Crippen LogP contribution in [0, 0.1) is 5.41 Å². The Hall–Kier alpha value is -1.46. The first-order valence-electron chi connectivity index (χ1n) is 5.72. The number of pyridine rings is 1. The van der Waals surface area contributed by atoms with E-state index in [-0.39, 0.29) is 5.91 Å². The van der Waals surface area contributed by atoms with Gasteiger partial charge in [0, 0.05) is 25.8 Å². The minimum atomic E-state index is -0.547. The lowest BCUT2D eigenvalue weighted by atomic mass is 9.95. The first kappa shape index (κ1) is 14.6. The van der Waals surface area contributed by atoms with Crippen LogP contribution in [0.3, 0.4) is 0 Å². The third kappa shape index (κ3) is 3.51. The second-order valence-electron chi connectivity index (χ2n) is 4.95. The van der Waals surface area contributed by atoms with Crippen LogP contribution in [-0.4, -0.2) is 25.1 Å². The first-order chi connectivity index (χ1) is 8.40. The van der Waals surface area contributed by atoms with E-state index in [9.17, 15) is 4.79 Å². The number of rotatable bonds is 4. The number of nitrogens with zero attached hydrogens (tertiary/aromatic N) is 1. The molecular weight excluding hydrogens is 232 g/mol. The largest absolute Gasteiger partial charge is 0.352 e. The van der Waals surface area contributed by atoms with Crippen molar-refractivity contribution < 1.29 is 14.3 Å². The molecule has 1 heterocycles. The lowest BCUT2D eigenvalue weighted by Gasteiger charge is -2.21. The molecular formula is C13H20N2O3. The molecule has 0 fully saturated rings. The second-order valence-corrected chi connectivity index (χ2v) is 4.95. The number of nitrogens with one attached hydrogen (secondary N) is 1. The number of hydrogen-bond donors (Lipinski definition) is 1. The van der Waals surface area contributed by atoms with E-state index < -0.39 is 11.7 Å². The van der Waals surface area contributed by atoms with Crippen molar-refractivity contribution in [3.63, 3.8) is 0 Å². The molecule has 5 nitrogen and oxygen atoms in total. The van der Waals surface area contributed by atoms with Gasteiger partial charge in [0.2, 0.25) is 5.91 Å². The molecule has 5 heteroatoms. The Bertz CT molecular complexity index is 409. The number of carbonyl (C=O) groups is 1. The Morgan fingerprint density at radius 2 is 1.94 bits per heavy atom. The van der Waals surface area contributed by atoms with Crippen LogP contribution in [0.25, 0.3) is 0 Å². The molecule has 0 aliphatic rings. The van der Waals surface area contributed by atoms with Crippen LogP contribution in [0.2, 0.25) is 0 Å². The van der Waals surface area contributed by atoms with Crippen molar-refractivity contribution in [1.29, 1.82) is 0 Å². The maximum atomic E-state index is 12.0. The molecule has 0 saturated heterocycles. The van der Waals surface area contributed by atoms with Gasteiger partial charge in [0.25, 0.3) is 0 Å². The van der Waals surface area contributed by atoms with Crippen LogP contribution in [0.1, 0.15) is 32.6 Å². The molecule has 0 radical (unpaired) electrons. The molecule has 0 aliphatic carbocycles. The van der Waals surface area contributed by atoms with Crippen LogP contribution >= 0.6 is 0 Å². The van der Waals surface area contributed by atoms with Crippen molar-refractivity contribution in [1.82, 2.24) is 4.98 Å². The molecule has 0 bridgehead atoms. The van der Waals surface area contributed by atoms with Crippen molar-refractivity contribution in [2.24, 2.45) is 5.41 Å². The molecule has 0 aliphatic heterocycles. The topological polar surface area (TPSA) is 60.5 Å². The Labute approximate surface area is 108 Å². The van der Waals surface area contributed by atoms with Crippen LogP contribution in [0.4, 0.5) is 5.82 Å².